The van der Waals surface area contributed by atoms with Crippen molar-refractivity contribution in [2.24, 2.45) is 4.99 Å². The predicted octanol–water partition coefficient (Wildman–Crippen LogP) is 2.92. The van der Waals surface area contributed by atoms with Crippen LogP contribution in [0.2, 0.25) is 0 Å². The van der Waals surface area contributed by atoms with Crippen LogP contribution in [-0.2, 0) is 11.3 Å². The fraction of sp³-hybridized carbons (Fsp3) is 0.476. The molecule has 2 rings (SSSR count). The normalized spacial score (nSPS) is 11.4. The number of carbonyl (C=O) groups is 1. The van der Waals surface area contributed by atoms with Crippen LogP contribution in [0, 0.1) is 6.92 Å². The number of hydrogen-bond acceptors (Lipinski definition) is 4. The summed E-state index contributed by atoms with van der Waals surface area (Å²) < 4.78 is 5.83. The summed E-state index contributed by atoms with van der Waals surface area (Å²) in [5, 5.41) is 3.21. The number of amides is 1. The lowest BCUT2D eigenvalue weighted by molar-refractivity contribution is -0.131. The molecule has 0 unspecified atom stereocenters. The number of benzene rings is 1. The van der Waals surface area contributed by atoms with Crippen LogP contribution in [0.5, 0.6) is 0 Å². The third-order valence-corrected chi connectivity index (χ3v) is 4.44. The van der Waals surface area contributed by atoms with Crippen molar-refractivity contribution in [3.8, 4) is 11.3 Å². The van der Waals surface area contributed by atoms with Crippen molar-refractivity contribution in [3.63, 3.8) is 0 Å². The quantitative estimate of drug-likeness (QED) is 0.559. The van der Waals surface area contributed by atoms with Gasteiger partial charge in [0.1, 0.15) is 6.54 Å². The number of aromatic nitrogens is 1. The summed E-state index contributed by atoms with van der Waals surface area (Å²) in [7, 11) is 1.86. The van der Waals surface area contributed by atoms with Gasteiger partial charge < -0.3 is 19.5 Å². The zero-order chi connectivity index (χ0) is 20.5. The van der Waals surface area contributed by atoms with Crippen molar-refractivity contribution in [1.82, 2.24) is 20.1 Å². The lowest BCUT2D eigenvalue weighted by Crippen LogP contribution is -2.45. The lowest BCUT2D eigenvalue weighted by atomic mass is 10.1. The van der Waals surface area contributed by atoms with Crippen molar-refractivity contribution in [1.29, 1.82) is 0 Å². The topological polar surface area (TPSA) is 74.0 Å². The zero-order valence-electron chi connectivity index (χ0n) is 17.5. The third-order valence-electron chi connectivity index (χ3n) is 4.44. The van der Waals surface area contributed by atoms with E-state index in [0.717, 1.165) is 11.3 Å². The summed E-state index contributed by atoms with van der Waals surface area (Å²) in [5.74, 6) is 1.99. The van der Waals surface area contributed by atoms with Gasteiger partial charge in [-0.15, -0.1) is 0 Å². The van der Waals surface area contributed by atoms with Crippen LogP contribution in [0.4, 0.5) is 0 Å². The van der Waals surface area contributed by atoms with Gasteiger partial charge in [-0.2, -0.15) is 0 Å². The van der Waals surface area contributed by atoms with Gasteiger partial charge in [0, 0.05) is 32.2 Å². The first-order valence-corrected chi connectivity index (χ1v) is 9.77. The predicted molar refractivity (Wildman–Crippen MR) is 112 cm³/mol. The minimum absolute atomic E-state index is 0.0795. The molecule has 1 amide bonds. The Kier molecular flexibility index (Phi) is 8.04. The van der Waals surface area contributed by atoms with Gasteiger partial charge in [-0.3, -0.25) is 4.79 Å². The molecular formula is C21H31N5O2. The van der Waals surface area contributed by atoms with Crippen LogP contribution in [0.15, 0.2) is 39.9 Å². The van der Waals surface area contributed by atoms with Crippen molar-refractivity contribution >= 4 is 11.9 Å². The summed E-state index contributed by atoms with van der Waals surface area (Å²) in [6.07, 6.45) is 1.72. The minimum atomic E-state index is 0.0795. The number of aryl methyl sites for hydroxylation is 1. The van der Waals surface area contributed by atoms with E-state index in [1.54, 1.807) is 6.20 Å². The summed E-state index contributed by atoms with van der Waals surface area (Å²) in [4.78, 5) is 24.9. The van der Waals surface area contributed by atoms with Gasteiger partial charge in [-0.05, 0) is 27.7 Å². The van der Waals surface area contributed by atoms with Crippen molar-refractivity contribution in [3.05, 3.63) is 41.9 Å². The molecule has 0 saturated heterocycles. The molecule has 1 heterocycles. The molecule has 0 aliphatic heterocycles. The Balaban J connectivity index is 2.05. The fourth-order valence-corrected chi connectivity index (χ4v) is 2.80. The molecule has 7 heteroatoms. The molecule has 2 aromatic rings. The molecular weight excluding hydrogens is 354 g/mol. The van der Waals surface area contributed by atoms with Gasteiger partial charge in [-0.25, -0.2) is 9.98 Å². The summed E-state index contributed by atoms with van der Waals surface area (Å²) in [5.41, 5.74) is 2.19. The number of hydrogen-bond donors (Lipinski definition) is 1. The van der Waals surface area contributed by atoms with Crippen LogP contribution >= 0.6 is 0 Å². The number of oxazole rings is 1. The number of aliphatic imine (C=N–C) groups is 1. The van der Waals surface area contributed by atoms with E-state index in [0.29, 0.717) is 38.0 Å². The number of rotatable bonds is 8. The molecule has 152 valence electrons. The smallest absolute Gasteiger partial charge is 0.242 e. The molecule has 28 heavy (non-hydrogen) atoms. The first-order valence-electron chi connectivity index (χ1n) is 9.77. The first kappa shape index (κ1) is 21.5. The van der Waals surface area contributed by atoms with Crippen LogP contribution in [-0.4, -0.2) is 59.9 Å². The summed E-state index contributed by atoms with van der Waals surface area (Å²) >= 11 is 0. The third kappa shape index (κ3) is 5.84. The molecule has 0 spiro atoms. The highest BCUT2D eigenvalue weighted by molar-refractivity contribution is 5.86. The van der Waals surface area contributed by atoms with E-state index in [2.05, 4.69) is 15.3 Å². The lowest BCUT2D eigenvalue weighted by Gasteiger charge is -2.25. The van der Waals surface area contributed by atoms with E-state index >= 15 is 0 Å². The van der Waals surface area contributed by atoms with Gasteiger partial charge in [-0.1, -0.05) is 29.8 Å². The Labute approximate surface area is 167 Å². The molecule has 0 fully saturated rings. The molecule has 0 bridgehead atoms. The van der Waals surface area contributed by atoms with E-state index in [9.17, 15) is 4.79 Å². The average molecular weight is 386 g/mol. The molecule has 1 aromatic carbocycles. The second-order valence-corrected chi connectivity index (χ2v) is 6.58. The SMILES string of the molecule is CCNC(=NCc1ncc(-c2ccc(C)cc2)o1)N(C)CC(=O)N(CC)CC. The minimum Gasteiger partial charge on any atom is -0.439 e. The molecule has 0 aliphatic rings. The van der Waals surface area contributed by atoms with Crippen LogP contribution in [0.25, 0.3) is 11.3 Å². The molecule has 1 N–H and O–H groups in total. The Bertz CT molecular complexity index is 778. The standard InChI is InChI=1S/C21H31N5O2/c1-6-22-21(25(5)15-20(27)26(7-2)8-3)24-14-19-23-13-18(28-19)17-11-9-16(4)10-12-17/h9-13H,6-8,14-15H2,1-5H3,(H,22,24). The number of nitrogens with zero attached hydrogens (tertiary/aromatic N) is 4. The number of nitrogens with one attached hydrogen (secondary N) is 1. The van der Waals surface area contributed by atoms with Crippen molar-refractivity contribution in [2.45, 2.75) is 34.2 Å². The first-order chi connectivity index (χ1) is 13.5. The van der Waals surface area contributed by atoms with Gasteiger partial charge in [0.25, 0.3) is 0 Å². The maximum atomic E-state index is 12.4. The maximum absolute atomic E-state index is 12.4. The highest BCUT2D eigenvalue weighted by Crippen LogP contribution is 2.21. The number of guanidine groups is 1. The number of likely N-dealkylation sites (N-methyl/N-ethyl adjacent to an activating group) is 2. The second-order valence-electron chi connectivity index (χ2n) is 6.58. The highest BCUT2D eigenvalue weighted by atomic mass is 16.4. The maximum Gasteiger partial charge on any atom is 0.242 e. The Morgan fingerprint density at radius 3 is 2.46 bits per heavy atom. The largest absolute Gasteiger partial charge is 0.439 e. The van der Waals surface area contributed by atoms with Gasteiger partial charge in [0.15, 0.2) is 11.7 Å². The van der Waals surface area contributed by atoms with Gasteiger partial charge in [0.2, 0.25) is 11.8 Å². The van der Waals surface area contributed by atoms with Crippen LogP contribution < -0.4 is 5.32 Å². The van der Waals surface area contributed by atoms with Crippen LogP contribution in [0.3, 0.4) is 0 Å². The molecule has 0 aliphatic carbocycles. The number of carbonyl (C=O) groups excluding carboxylic acids is 1. The monoisotopic (exact) mass is 385 g/mol. The van der Waals surface area contributed by atoms with E-state index in [1.165, 1.54) is 5.56 Å². The van der Waals surface area contributed by atoms with Crippen molar-refractivity contribution < 1.29 is 9.21 Å². The average Bonchev–Trinajstić information content (AvgIpc) is 3.15. The molecule has 7 nitrogen and oxygen atoms in total. The highest BCUT2D eigenvalue weighted by Gasteiger charge is 2.15. The molecule has 0 atom stereocenters. The van der Waals surface area contributed by atoms with Crippen LogP contribution in [0.1, 0.15) is 32.2 Å². The second kappa shape index (κ2) is 10.5. The molecule has 1 aromatic heterocycles. The van der Waals surface area contributed by atoms with E-state index in [1.807, 2.05) is 68.8 Å². The summed E-state index contributed by atoms with van der Waals surface area (Å²) in [6, 6.07) is 8.11. The van der Waals surface area contributed by atoms with E-state index < -0.39 is 0 Å². The summed E-state index contributed by atoms with van der Waals surface area (Å²) in [6.45, 7) is 10.7. The van der Waals surface area contributed by atoms with Gasteiger partial charge in [0.05, 0.1) is 12.7 Å². The fourth-order valence-electron chi connectivity index (χ4n) is 2.80. The Morgan fingerprint density at radius 1 is 1.18 bits per heavy atom. The molecule has 0 radical (unpaired) electrons. The van der Waals surface area contributed by atoms with E-state index in [4.69, 9.17) is 4.42 Å². The zero-order valence-corrected chi connectivity index (χ0v) is 17.5. The Hall–Kier alpha value is -2.83. The van der Waals surface area contributed by atoms with Crippen molar-refractivity contribution in [2.75, 3.05) is 33.2 Å². The Morgan fingerprint density at radius 2 is 1.86 bits per heavy atom. The van der Waals surface area contributed by atoms with Gasteiger partial charge >= 0.3 is 0 Å². The molecule has 0 saturated carbocycles. The van der Waals surface area contributed by atoms with E-state index in [-0.39, 0.29) is 12.5 Å².